The number of hydrogen-bond donors (Lipinski definition) is 5. The van der Waals surface area contributed by atoms with Crippen LogP contribution in [0.1, 0.15) is 136 Å². The van der Waals surface area contributed by atoms with Crippen LogP contribution in [0.25, 0.3) is 0 Å². The standard InChI is InChI=1S/C43H71O11P/c1-3-5-7-8-9-10-11-12-13-14-15-16-17-18-19-24-28-34-42(47)52-36-39(37-53-55(49,50)51)54-43(48)35-29-33-41(46)40(45)32-27-23-21-20-22-26-31-38(44)30-25-6-4-2/h12-13,15-16,18-23,26-27,31-32,38-41,44-46H,3-11,14,17,24-25,28-30,33-37H2,1-2H3,(H2,49,50,51)/b13-12-,16-15-,19-18-,22-20-,23-21+,31-26+,32-27+/t38-,39+,40-,41-/m0/s1. The lowest BCUT2D eigenvalue weighted by atomic mass is 10.1. The summed E-state index contributed by atoms with van der Waals surface area (Å²) in [5, 5.41) is 30.3. The highest BCUT2D eigenvalue weighted by Crippen LogP contribution is 2.36. The van der Waals surface area contributed by atoms with Crippen LogP contribution in [0.3, 0.4) is 0 Å². The van der Waals surface area contributed by atoms with E-state index in [0.717, 1.165) is 44.9 Å². The van der Waals surface area contributed by atoms with Crippen LogP contribution in [0, 0.1) is 0 Å². The zero-order valence-corrected chi connectivity index (χ0v) is 34.3. The number of carbonyl (C=O) groups excluding carboxylic acids is 2. The maximum atomic E-state index is 12.4. The molecule has 55 heavy (non-hydrogen) atoms. The first-order valence-corrected chi connectivity index (χ1v) is 21.7. The van der Waals surface area contributed by atoms with Crippen LogP contribution in [0.4, 0.5) is 0 Å². The number of rotatable bonds is 35. The summed E-state index contributed by atoms with van der Waals surface area (Å²) in [6.07, 6.45) is 38.2. The van der Waals surface area contributed by atoms with Gasteiger partial charge in [-0.1, -0.05) is 150 Å². The van der Waals surface area contributed by atoms with Crippen LogP contribution in [-0.2, 0) is 28.2 Å². The third-order valence-electron chi connectivity index (χ3n) is 8.25. The van der Waals surface area contributed by atoms with Gasteiger partial charge in [0.05, 0.1) is 24.9 Å². The molecule has 0 saturated carbocycles. The summed E-state index contributed by atoms with van der Waals surface area (Å²) >= 11 is 0. The average molecular weight is 795 g/mol. The minimum atomic E-state index is -4.87. The summed E-state index contributed by atoms with van der Waals surface area (Å²) in [5.41, 5.74) is 0. The monoisotopic (exact) mass is 794 g/mol. The molecule has 0 aliphatic carbocycles. The Labute approximate surface area is 330 Å². The molecule has 0 bridgehead atoms. The van der Waals surface area contributed by atoms with Crippen LogP contribution < -0.4 is 0 Å². The topological polar surface area (TPSA) is 180 Å². The number of allylic oxidation sites excluding steroid dienone is 12. The molecule has 0 aromatic heterocycles. The summed E-state index contributed by atoms with van der Waals surface area (Å²) in [7, 11) is -4.87. The fourth-order valence-electron chi connectivity index (χ4n) is 5.07. The summed E-state index contributed by atoms with van der Waals surface area (Å²) in [6.45, 7) is 3.23. The van der Waals surface area contributed by atoms with Gasteiger partial charge in [-0.05, 0) is 57.8 Å². The highest BCUT2D eigenvalue weighted by Gasteiger charge is 2.23. The number of phosphoric acid groups is 1. The van der Waals surface area contributed by atoms with E-state index in [4.69, 9.17) is 19.3 Å². The van der Waals surface area contributed by atoms with Crippen molar-refractivity contribution < 1.29 is 53.3 Å². The van der Waals surface area contributed by atoms with Gasteiger partial charge in [-0.3, -0.25) is 14.1 Å². The molecule has 314 valence electrons. The number of aliphatic hydroxyl groups excluding tert-OH is 3. The minimum Gasteiger partial charge on any atom is -0.462 e. The molecule has 0 aromatic carbocycles. The summed E-state index contributed by atoms with van der Waals surface area (Å²) < 4.78 is 26.1. The van der Waals surface area contributed by atoms with Crippen molar-refractivity contribution in [3.63, 3.8) is 0 Å². The second-order valence-electron chi connectivity index (χ2n) is 13.5. The molecule has 0 heterocycles. The van der Waals surface area contributed by atoms with Gasteiger partial charge in [0.15, 0.2) is 6.10 Å². The zero-order chi connectivity index (χ0) is 40.8. The molecule has 0 amide bonds. The first-order chi connectivity index (χ1) is 26.5. The second kappa shape index (κ2) is 36.7. The van der Waals surface area contributed by atoms with Gasteiger partial charge in [0, 0.05) is 12.8 Å². The van der Waals surface area contributed by atoms with Crippen LogP contribution in [0.2, 0.25) is 0 Å². The normalized spacial score (nSPS) is 15.1. The van der Waals surface area contributed by atoms with Gasteiger partial charge in [0.2, 0.25) is 0 Å². The molecule has 0 aromatic rings. The van der Waals surface area contributed by atoms with E-state index in [0.29, 0.717) is 12.8 Å². The first-order valence-electron chi connectivity index (χ1n) is 20.2. The van der Waals surface area contributed by atoms with E-state index in [1.807, 2.05) is 12.2 Å². The molecule has 0 aliphatic heterocycles. The average Bonchev–Trinajstić information content (AvgIpc) is 3.14. The van der Waals surface area contributed by atoms with Gasteiger partial charge in [0.25, 0.3) is 0 Å². The SMILES string of the molecule is CCCCCCCC/C=C\C/C=C\C/C=C\CCCC(=O)OC[C@H](COP(=O)(O)O)OC(=O)CCC[C@H](O)[C@@H](O)/C=C/C=C/C=C\C=C\[C@@H](O)CCCCC. The zero-order valence-electron chi connectivity index (χ0n) is 33.4. The van der Waals surface area contributed by atoms with Gasteiger partial charge in [-0.15, -0.1) is 0 Å². The van der Waals surface area contributed by atoms with E-state index in [-0.39, 0.29) is 25.7 Å². The van der Waals surface area contributed by atoms with Crippen LogP contribution in [-0.4, -0.2) is 74.7 Å². The number of esters is 2. The molecule has 12 heteroatoms. The molecule has 0 unspecified atom stereocenters. The van der Waals surface area contributed by atoms with Crippen molar-refractivity contribution in [3.8, 4) is 0 Å². The van der Waals surface area contributed by atoms with Crippen molar-refractivity contribution in [2.45, 2.75) is 160 Å². The number of carbonyl (C=O) groups is 2. The van der Waals surface area contributed by atoms with Crippen molar-refractivity contribution in [1.29, 1.82) is 0 Å². The highest BCUT2D eigenvalue weighted by molar-refractivity contribution is 7.46. The predicted molar refractivity (Wildman–Crippen MR) is 220 cm³/mol. The lowest BCUT2D eigenvalue weighted by Gasteiger charge is -2.19. The molecule has 11 nitrogen and oxygen atoms in total. The Hall–Kier alpha value is -2.89. The van der Waals surface area contributed by atoms with Crippen molar-refractivity contribution in [2.24, 2.45) is 0 Å². The van der Waals surface area contributed by atoms with E-state index < -0.39 is 57.4 Å². The Morgan fingerprint density at radius 1 is 0.600 bits per heavy atom. The first kappa shape index (κ1) is 52.1. The third-order valence-corrected chi connectivity index (χ3v) is 8.74. The summed E-state index contributed by atoms with van der Waals surface area (Å²) in [5.74, 6) is -1.28. The van der Waals surface area contributed by atoms with E-state index in [1.165, 1.54) is 44.6 Å². The van der Waals surface area contributed by atoms with E-state index in [9.17, 15) is 29.5 Å². The van der Waals surface area contributed by atoms with Gasteiger partial charge in [-0.2, -0.15) is 0 Å². The van der Waals surface area contributed by atoms with Crippen LogP contribution in [0.5, 0.6) is 0 Å². The third kappa shape index (κ3) is 37.8. The van der Waals surface area contributed by atoms with Gasteiger partial charge in [-0.25, -0.2) is 4.57 Å². The van der Waals surface area contributed by atoms with Crippen LogP contribution in [0.15, 0.2) is 85.1 Å². The summed E-state index contributed by atoms with van der Waals surface area (Å²) in [4.78, 5) is 42.8. The maximum Gasteiger partial charge on any atom is 0.469 e. The van der Waals surface area contributed by atoms with Crippen molar-refractivity contribution in [3.05, 3.63) is 85.1 Å². The fourth-order valence-corrected chi connectivity index (χ4v) is 5.43. The van der Waals surface area contributed by atoms with Gasteiger partial charge in [0.1, 0.15) is 6.61 Å². The lowest BCUT2D eigenvalue weighted by molar-refractivity contribution is -0.161. The minimum absolute atomic E-state index is 0.0790. The van der Waals surface area contributed by atoms with E-state index >= 15 is 0 Å². The molecule has 0 aliphatic rings. The molecule has 0 spiro atoms. The number of aliphatic hydroxyl groups is 3. The quantitative estimate of drug-likeness (QED) is 0.0136. The molecule has 0 rings (SSSR count). The Morgan fingerprint density at radius 3 is 1.80 bits per heavy atom. The smallest absolute Gasteiger partial charge is 0.462 e. The number of unbranched alkanes of at least 4 members (excludes halogenated alkanes) is 9. The maximum absolute atomic E-state index is 12.4. The molecule has 0 radical (unpaired) electrons. The highest BCUT2D eigenvalue weighted by atomic mass is 31.2. The van der Waals surface area contributed by atoms with Crippen molar-refractivity contribution in [1.82, 2.24) is 0 Å². The van der Waals surface area contributed by atoms with Gasteiger partial charge >= 0.3 is 19.8 Å². The number of hydrogen-bond acceptors (Lipinski definition) is 9. The molecule has 5 N–H and O–H groups in total. The number of phosphoric ester groups is 1. The van der Waals surface area contributed by atoms with Crippen molar-refractivity contribution in [2.75, 3.05) is 13.2 Å². The lowest BCUT2D eigenvalue weighted by Crippen LogP contribution is -2.29. The van der Waals surface area contributed by atoms with E-state index in [1.54, 1.807) is 42.5 Å². The Kier molecular flexibility index (Phi) is 34.8. The Morgan fingerprint density at radius 2 is 1.15 bits per heavy atom. The van der Waals surface area contributed by atoms with E-state index in [2.05, 4.69) is 42.7 Å². The second-order valence-corrected chi connectivity index (χ2v) is 14.7. The van der Waals surface area contributed by atoms with Crippen LogP contribution >= 0.6 is 7.82 Å². The van der Waals surface area contributed by atoms with Crippen molar-refractivity contribution >= 4 is 19.8 Å². The molecule has 0 saturated heterocycles. The molecular weight excluding hydrogens is 723 g/mol. The molecule has 4 atom stereocenters. The fraction of sp³-hybridized carbons (Fsp3) is 0.628. The Bertz CT molecular complexity index is 1210. The summed E-state index contributed by atoms with van der Waals surface area (Å²) in [6, 6.07) is 0. The molecular formula is C43H71O11P. The van der Waals surface area contributed by atoms with Gasteiger partial charge < -0.3 is 34.6 Å². The Balaban J connectivity index is 4.39. The predicted octanol–water partition coefficient (Wildman–Crippen LogP) is 8.98. The molecule has 0 fully saturated rings. The largest absolute Gasteiger partial charge is 0.469 e. The number of ether oxygens (including phenoxy) is 2.